The number of para-hydroxylation sites is 1. The summed E-state index contributed by atoms with van der Waals surface area (Å²) < 4.78 is 11.1. The fraction of sp³-hybridized carbons (Fsp3) is 0.222. The summed E-state index contributed by atoms with van der Waals surface area (Å²) in [4.78, 5) is 0. The van der Waals surface area contributed by atoms with Crippen molar-refractivity contribution in [2.45, 2.75) is 6.61 Å². The van der Waals surface area contributed by atoms with Gasteiger partial charge in [0.2, 0.25) is 0 Å². The van der Waals surface area contributed by atoms with Crippen LogP contribution in [0.4, 0.5) is 0 Å². The van der Waals surface area contributed by atoms with Crippen molar-refractivity contribution in [1.82, 2.24) is 0 Å². The molecule has 2 aromatic carbocycles. The van der Waals surface area contributed by atoms with Gasteiger partial charge in [0.15, 0.2) is 0 Å². The Morgan fingerprint density at radius 2 is 1.67 bits per heavy atom. The molecule has 2 aromatic rings. The Morgan fingerprint density at radius 3 is 2.38 bits per heavy atom. The van der Waals surface area contributed by atoms with Gasteiger partial charge in [-0.15, -0.1) is 0 Å². The lowest BCUT2D eigenvalue weighted by atomic mass is 10.1. The van der Waals surface area contributed by atoms with Gasteiger partial charge < -0.3 is 15.2 Å². The summed E-state index contributed by atoms with van der Waals surface area (Å²) >= 11 is 0. The lowest BCUT2D eigenvalue weighted by Gasteiger charge is -2.07. The van der Waals surface area contributed by atoms with Gasteiger partial charge in [-0.2, -0.15) is 0 Å². The molecular formula is C18H19NO2. The summed E-state index contributed by atoms with van der Waals surface area (Å²) in [7, 11) is 0. The van der Waals surface area contributed by atoms with Crippen LogP contribution in [0.1, 0.15) is 11.1 Å². The van der Waals surface area contributed by atoms with Crippen LogP contribution in [0, 0.1) is 11.8 Å². The average Bonchev–Trinajstić information content (AvgIpc) is 2.55. The van der Waals surface area contributed by atoms with Crippen LogP contribution in [0.15, 0.2) is 54.6 Å². The number of hydrogen-bond donors (Lipinski definition) is 1. The molecule has 0 saturated carbocycles. The standard InChI is InChI=1S/C18H19NO2/c19-12-4-5-16-8-10-17(11-9-16)15-20-13-14-21-18-6-2-1-3-7-18/h1-3,6-11H,12-15,19H2. The second-order valence-corrected chi connectivity index (χ2v) is 4.42. The Hall–Kier alpha value is -2.28. The Bertz CT molecular complexity index is 582. The Labute approximate surface area is 125 Å². The zero-order valence-corrected chi connectivity index (χ0v) is 11.9. The van der Waals surface area contributed by atoms with Crippen LogP contribution < -0.4 is 10.5 Å². The monoisotopic (exact) mass is 281 g/mol. The summed E-state index contributed by atoms with van der Waals surface area (Å²) in [5.74, 6) is 6.68. The highest BCUT2D eigenvalue weighted by Gasteiger charge is 1.95. The minimum absolute atomic E-state index is 0.381. The molecule has 0 atom stereocenters. The topological polar surface area (TPSA) is 44.5 Å². The van der Waals surface area contributed by atoms with Gasteiger partial charge in [-0.3, -0.25) is 0 Å². The van der Waals surface area contributed by atoms with Crippen molar-refractivity contribution in [1.29, 1.82) is 0 Å². The Morgan fingerprint density at radius 1 is 0.905 bits per heavy atom. The summed E-state index contributed by atoms with van der Waals surface area (Å²) in [5, 5.41) is 0. The third-order valence-corrected chi connectivity index (χ3v) is 2.80. The van der Waals surface area contributed by atoms with E-state index in [9.17, 15) is 0 Å². The van der Waals surface area contributed by atoms with E-state index in [1.54, 1.807) is 0 Å². The number of rotatable bonds is 6. The van der Waals surface area contributed by atoms with E-state index in [0.29, 0.717) is 26.4 Å². The van der Waals surface area contributed by atoms with Crippen LogP contribution in [0.3, 0.4) is 0 Å². The third-order valence-electron chi connectivity index (χ3n) is 2.80. The maximum absolute atomic E-state index is 5.58. The van der Waals surface area contributed by atoms with E-state index < -0.39 is 0 Å². The van der Waals surface area contributed by atoms with Crippen LogP contribution in [0.25, 0.3) is 0 Å². The second-order valence-electron chi connectivity index (χ2n) is 4.42. The predicted molar refractivity (Wildman–Crippen MR) is 84.0 cm³/mol. The van der Waals surface area contributed by atoms with Crippen molar-refractivity contribution < 1.29 is 9.47 Å². The highest BCUT2D eigenvalue weighted by atomic mass is 16.5. The van der Waals surface area contributed by atoms with Crippen LogP contribution >= 0.6 is 0 Å². The van der Waals surface area contributed by atoms with Gasteiger partial charge in [0.25, 0.3) is 0 Å². The minimum Gasteiger partial charge on any atom is -0.491 e. The first-order valence-electron chi connectivity index (χ1n) is 6.92. The molecule has 0 aliphatic heterocycles. The van der Waals surface area contributed by atoms with E-state index in [-0.39, 0.29) is 0 Å². The van der Waals surface area contributed by atoms with Gasteiger partial charge in [-0.25, -0.2) is 0 Å². The minimum atomic E-state index is 0.381. The van der Waals surface area contributed by atoms with E-state index in [1.165, 1.54) is 0 Å². The zero-order valence-electron chi connectivity index (χ0n) is 11.9. The summed E-state index contributed by atoms with van der Waals surface area (Å²) in [6.07, 6.45) is 0. The molecule has 21 heavy (non-hydrogen) atoms. The molecule has 2 N–H and O–H groups in total. The summed E-state index contributed by atoms with van der Waals surface area (Å²) in [6, 6.07) is 17.7. The SMILES string of the molecule is NCC#Cc1ccc(COCCOc2ccccc2)cc1. The molecular weight excluding hydrogens is 262 g/mol. The van der Waals surface area contributed by atoms with Crippen LogP contribution in [0.2, 0.25) is 0 Å². The third kappa shape index (κ3) is 5.70. The van der Waals surface area contributed by atoms with E-state index in [0.717, 1.165) is 16.9 Å². The first-order chi connectivity index (χ1) is 10.4. The van der Waals surface area contributed by atoms with Gasteiger partial charge in [-0.05, 0) is 29.8 Å². The molecule has 0 unspecified atom stereocenters. The number of ether oxygens (including phenoxy) is 2. The van der Waals surface area contributed by atoms with Crippen LogP contribution in [-0.4, -0.2) is 19.8 Å². The van der Waals surface area contributed by atoms with E-state index in [2.05, 4.69) is 11.8 Å². The Balaban J connectivity index is 1.66. The van der Waals surface area contributed by atoms with Gasteiger partial charge in [0.1, 0.15) is 12.4 Å². The van der Waals surface area contributed by atoms with Gasteiger partial charge in [0.05, 0.1) is 19.8 Å². The van der Waals surface area contributed by atoms with Crippen molar-refractivity contribution in [2.75, 3.05) is 19.8 Å². The van der Waals surface area contributed by atoms with Crippen molar-refractivity contribution in [3.05, 3.63) is 65.7 Å². The Kier molecular flexibility index (Phi) is 6.34. The van der Waals surface area contributed by atoms with Crippen molar-refractivity contribution in [3.8, 4) is 17.6 Å². The molecule has 0 aliphatic rings. The molecule has 3 nitrogen and oxygen atoms in total. The number of benzene rings is 2. The molecule has 0 amide bonds. The maximum Gasteiger partial charge on any atom is 0.119 e. The summed E-state index contributed by atoms with van der Waals surface area (Å²) in [6.45, 7) is 2.06. The fourth-order valence-corrected chi connectivity index (χ4v) is 1.76. The molecule has 0 fully saturated rings. The quantitative estimate of drug-likeness (QED) is 0.654. The largest absolute Gasteiger partial charge is 0.491 e. The fourth-order valence-electron chi connectivity index (χ4n) is 1.76. The van der Waals surface area contributed by atoms with Crippen molar-refractivity contribution in [2.24, 2.45) is 5.73 Å². The number of hydrogen-bond acceptors (Lipinski definition) is 3. The molecule has 3 heteroatoms. The van der Waals surface area contributed by atoms with E-state index in [4.69, 9.17) is 15.2 Å². The average molecular weight is 281 g/mol. The highest BCUT2D eigenvalue weighted by molar-refractivity contribution is 5.36. The van der Waals surface area contributed by atoms with Gasteiger partial charge >= 0.3 is 0 Å². The summed E-state index contributed by atoms with van der Waals surface area (Å²) in [5.41, 5.74) is 7.42. The normalized spacial score (nSPS) is 9.76. The first-order valence-corrected chi connectivity index (χ1v) is 6.92. The van der Waals surface area contributed by atoms with Crippen molar-refractivity contribution >= 4 is 0 Å². The molecule has 0 radical (unpaired) electrons. The molecule has 0 spiro atoms. The molecule has 0 aliphatic carbocycles. The van der Waals surface area contributed by atoms with E-state index in [1.807, 2.05) is 54.6 Å². The molecule has 0 bridgehead atoms. The lowest BCUT2D eigenvalue weighted by Crippen LogP contribution is -2.06. The smallest absolute Gasteiger partial charge is 0.119 e. The molecule has 0 heterocycles. The van der Waals surface area contributed by atoms with Crippen LogP contribution in [-0.2, 0) is 11.3 Å². The van der Waals surface area contributed by atoms with Crippen molar-refractivity contribution in [3.63, 3.8) is 0 Å². The van der Waals surface area contributed by atoms with Crippen LogP contribution in [0.5, 0.6) is 5.75 Å². The van der Waals surface area contributed by atoms with E-state index >= 15 is 0 Å². The molecule has 0 aromatic heterocycles. The van der Waals surface area contributed by atoms with Gasteiger partial charge in [-0.1, -0.05) is 42.2 Å². The zero-order chi connectivity index (χ0) is 14.8. The molecule has 2 rings (SSSR count). The molecule has 108 valence electrons. The maximum atomic E-state index is 5.58. The predicted octanol–water partition coefficient (Wildman–Crippen LogP) is 2.59. The van der Waals surface area contributed by atoms with Gasteiger partial charge in [0, 0.05) is 5.56 Å². The molecule has 0 saturated heterocycles. The lowest BCUT2D eigenvalue weighted by molar-refractivity contribution is 0.0889. The number of nitrogens with two attached hydrogens (primary N) is 1. The first kappa shape index (κ1) is 15.1. The highest BCUT2D eigenvalue weighted by Crippen LogP contribution is 2.08. The second kappa shape index (κ2) is 8.80.